The average Bonchev–Trinajstić information content (AvgIpc) is 3.36. The Labute approximate surface area is 200 Å². The van der Waals surface area contributed by atoms with Crippen molar-refractivity contribution in [2.45, 2.75) is 64.0 Å². The second-order valence-corrected chi connectivity index (χ2v) is 9.69. The number of fused-ring (bicyclic) bond motifs is 1. The Kier molecular flexibility index (Phi) is 6.65. The van der Waals surface area contributed by atoms with Crippen LogP contribution in [0.3, 0.4) is 0 Å². The molecular formula is C26H33N5O3. The van der Waals surface area contributed by atoms with Gasteiger partial charge in [0.25, 0.3) is 11.8 Å². The molecule has 2 aromatic rings. The highest BCUT2D eigenvalue weighted by Crippen LogP contribution is 2.34. The number of nitrogens with one attached hydrogen (secondary N) is 1. The number of rotatable bonds is 6. The van der Waals surface area contributed by atoms with Crippen LogP contribution in [0.5, 0.6) is 0 Å². The third-order valence-electron chi connectivity index (χ3n) is 7.50. The molecule has 0 radical (unpaired) electrons. The highest BCUT2D eigenvalue weighted by Gasteiger charge is 2.39. The van der Waals surface area contributed by atoms with Gasteiger partial charge in [0.2, 0.25) is 5.91 Å². The highest BCUT2D eigenvalue weighted by molar-refractivity contribution is 6.23. The maximum absolute atomic E-state index is 13.2. The fourth-order valence-corrected chi connectivity index (χ4v) is 5.54. The normalized spacial score (nSPS) is 19.9. The van der Waals surface area contributed by atoms with E-state index in [0.29, 0.717) is 36.8 Å². The monoisotopic (exact) mass is 463 g/mol. The SMILES string of the molecule is O=C(NC1CCCCCC1)C1CCN(c2cccc3c2C(=O)N(CCn2cccn2)C3=O)CC1. The van der Waals surface area contributed by atoms with Gasteiger partial charge in [-0.3, -0.25) is 24.0 Å². The van der Waals surface area contributed by atoms with Crippen LogP contribution in [0.25, 0.3) is 0 Å². The van der Waals surface area contributed by atoms with Crippen LogP contribution in [0.15, 0.2) is 36.7 Å². The molecule has 3 amide bonds. The number of benzene rings is 1. The summed E-state index contributed by atoms with van der Waals surface area (Å²) < 4.78 is 1.72. The lowest BCUT2D eigenvalue weighted by atomic mass is 9.94. The molecule has 2 fully saturated rings. The van der Waals surface area contributed by atoms with E-state index in [9.17, 15) is 14.4 Å². The first kappa shape index (κ1) is 22.6. The van der Waals surface area contributed by atoms with Gasteiger partial charge in [-0.2, -0.15) is 5.10 Å². The lowest BCUT2D eigenvalue weighted by molar-refractivity contribution is -0.126. The molecule has 8 heteroatoms. The Balaban J connectivity index is 1.22. The molecule has 1 N–H and O–H groups in total. The molecule has 3 heterocycles. The van der Waals surface area contributed by atoms with Crippen LogP contribution in [0.4, 0.5) is 5.69 Å². The lowest BCUT2D eigenvalue weighted by Crippen LogP contribution is -2.44. The zero-order valence-corrected chi connectivity index (χ0v) is 19.6. The quantitative estimate of drug-likeness (QED) is 0.525. The Morgan fingerprint density at radius 1 is 0.941 bits per heavy atom. The van der Waals surface area contributed by atoms with Crippen LogP contribution in [0.2, 0.25) is 0 Å². The van der Waals surface area contributed by atoms with Crippen LogP contribution in [-0.2, 0) is 11.3 Å². The fraction of sp³-hybridized carbons (Fsp3) is 0.538. The molecule has 1 saturated heterocycles. The number of anilines is 1. The van der Waals surface area contributed by atoms with Crippen LogP contribution in [0, 0.1) is 5.92 Å². The van der Waals surface area contributed by atoms with Crippen molar-refractivity contribution in [3.63, 3.8) is 0 Å². The first-order valence-corrected chi connectivity index (χ1v) is 12.6. The number of amides is 3. The molecule has 0 atom stereocenters. The summed E-state index contributed by atoms with van der Waals surface area (Å²) in [5, 5.41) is 7.46. The van der Waals surface area contributed by atoms with E-state index in [2.05, 4.69) is 15.3 Å². The fourth-order valence-electron chi connectivity index (χ4n) is 5.54. The van der Waals surface area contributed by atoms with E-state index < -0.39 is 0 Å². The van der Waals surface area contributed by atoms with Gasteiger partial charge in [0.05, 0.1) is 23.4 Å². The third kappa shape index (κ3) is 4.58. The topological polar surface area (TPSA) is 87.5 Å². The van der Waals surface area contributed by atoms with Crippen molar-refractivity contribution in [2.75, 3.05) is 24.5 Å². The number of piperidine rings is 1. The number of hydrogen-bond donors (Lipinski definition) is 1. The summed E-state index contributed by atoms with van der Waals surface area (Å²) in [5.74, 6) is -0.289. The lowest BCUT2D eigenvalue weighted by Gasteiger charge is -2.34. The number of aromatic nitrogens is 2. The number of nitrogens with zero attached hydrogens (tertiary/aromatic N) is 4. The van der Waals surface area contributed by atoms with Crippen molar-refractivity contribution in [3.8, 4) is 0 Å². The standard InChI is InChI=1S/C26H33N5O3/c32-24(28-20-7-3-1-2-4-8-20)19-11-15-29(16-12-19)22-10-5-9-21-23(22)26(34)31(25(21)33)18-17-30-14-6-13-27-30/h5-6,9-10,13-14,19-20H,1-4,7-8,11-12,15-18H2,(H,28,32). The predicted octanol–water partition coefficient (Wildman–Crippen LogP) is 3.23. The minimum Gasteiger partial charge on any atom is -0.371 e. The smallest absolute Gasteiger partial charge is 0.263 e. The summed E-state index contributed by atoms with van der Waals surface area (Å²) in [5.41, 5.74) is 1.77. The highest BCUT2D eigenvalue weighted by atomic mass is 16.2. The van der Waals surface area contributed by atoms with Gasteiger partial charge >= 0.3 is 0 Å². The molecule has 1 saturated carbocycles. The van der Waals surface area contributed by atoms with Gasteiger partial charge in [0.1, 0.15) is 0 Å². The van der Waals surface area contributed by atoms with Crippen LogP contribution >= 0.6 is 0 Å². The molecule has 2 aliphatic heterocycles. The molecule has 180 valence electrons. The molecule has 1 aliphatic carbocycles. The largest absolute Gasteiger partial charge is 0.371 e. The Morgan fingerprint density at radius 2 is 1.71 bits per heavy atom. The van der Waals surface area contributed by atoms with Gasteiger partial charge in [-0.15, -0.1) is 0 Å². The van der Waals surface area contributed by atoms with Crippen molar-refractivity contribution in [1.82, 2.24) is 20.0 Å². The van der Waals surface area contributed by atoms with E-state index in [4.69, 9.17) is 0 Å². The summed E-state index contributed by atoms with van der Waals surface area (Å²) in [6.45, 7) is 2.16. The summed E-state index contributed by atoms with van der Waals surface area (Å²) in [7, 11) is 0. The molecule has 1 aromatic carbocycles. The summed E-state index contributed by atoms with van der Waals surface area (Å²) in [6.07, 6.45) is 12.1. The van der Waals surface area contributed by atoms with E-state index in [1.165, 1.54) is 30.6 Å². The van der Waals surface area contributed by atoms with Crippen LogP contribution < -0.4 is 10.2 Å². The first-order chi connectivity index (χ1) is 16.6. The van der Waals surface area contributed by atoms with E-state index in [1.807, 2.05) is 24.4 Å². The summed E-state index contributed by atoms with van der Waals surface area (Å²) in [6, 6.07) is 7.65. The van der Waals surface area contributed by atoms with Crippen molar-refractivity contribution < 1.29 is 14.4 Å². The molecule has 5 rings (SSSR count). The van der Waals surface area contributed by atoms with E-state index in [1.54, 1.807) is 16.9 Å². The second-order valence-electron chi connectivity index (χ2n) is 9.69. The molecule has 0 spiro atoms. The minimum atomic E-state index is -0.244. The average molecular weight is 464 g/mol. The molecule has 1 aromatic heterocycles. The molecule has 0 unspecified atom stereocenters. The van der Waals surface area contributed by atoms with Gasteiger partial charge in [-0.25, -0.2) is 0 Å². The Morgan fingerprint density at radius 3 is 2.41 bits per heavy atom. The summed E-state index contributed by atoms with van der Waals surface area (Å²) in [4.78, 5) is 42.6. The minimum absolute atomic E-state index is 0.0131. The van der Waals surface area contributed by atoms with Gasteiger partial charge in [-0.1, -0.05) is 31.7 Å². The van der Waals surface area contributed by atoms with Crippen LogP contribution in [-0.4, -0.2) is 58.1 Å². The maximum atomic E-state index is 13.2. The molecular weight excluding hydrogens is 430 g/mol. The Bertz CT molecular complexity index is 1030. The van der Waals surface area contributed by atoms with Gasteiger partial charge < -0.3 is 10.2 Å². The van der Waals surface area contributed by atoms with Crippen molar-refractivity contribution in [2.24, 2.45) is 5.92 Å². The third-order valence-corrected chi connectivity index (χ3v) is 7.50. The maximum Gasteiger partial charge on any atom is 0.263 e. The first-order valence-electron chi connectivity index (χ1n) is 12.6. The van der Waals surface area contributed by atoms with Crippen molar-refractivity contribution in [3.05, 3.63) is 47.8 Å². The van der Waals surface area contributed by atoms with E-state index in [-0.39, 0.29) is 30.2 Å². The zero-order valence-electron chi connectivity index (χ0n) is 19.6. The van der Waals surface area contributed by atoms with E-state index in [0.717, 1.165) is 31.4 Å². The molecule has 0 bridgehead atoms. The molecule has 34 heavy (non-hydrogen) atoms. The number of hydrogen-bond acceptors (Lipinski definition) is 5. The van der Waals surface area contributed by atoms with Crippen molar-refractivity contribution >= 4 is 23.4 Å². The molecule has 8 nitrogen and oxygen atoms in total. The zero-order chi connectivity index (χ0) is 23.5. The number of carbonyl (C=O) groups excluding carboxylic acids is 3. The summed E-state index contributed by atoms with van der Waals surface area (Å²) >= 11 is 0. The second kappa shape index (κ2) is 9.99. The van der Waals surface area contributed by atoms with Crippen LogP contribution in [0.1, 0.15) is 72.1 Å². The Hall–Kier alpha value is -3.16. The van der Waals surface area contributed by atoms with Gasteiger partial charge in [-0.05, 0) is 43.9 Å². The van der Waals surface area contributed by atoms with Gasteiger partial charge in [0, 0.05) is 44.0 Å². The number of imide groups is 1. The number of carbonyl (C=O) groups is 3. The van der Waals surface area contributed by atoms with E-state index >= 15 is 0 Å². The molecule has 3 aliphatic rings. The van der Waals surface area contributed by atoms with Crippen molar-refractivity contribution in [1.29, 1.82) is 0 Å². The van der Waals surface area contributed by atoms with Gasteiger partial charge in [0.15, 0.2) is 0 Å². The predicted molar refractivity (Wildman–Crippen MR) is 129 cm³/mol.